The summed E-state index contributed by atoms with van der Waals surface area (Å²) in [4.78, 5) is 0. The minimum Gasteiger partial charge on any atom is -0.381 e. The van der Waals surface area contributed by atoms with Gasteiger partial charge in [-0.2, -0.15) is 0 Å². The van der Waals surface area contributed by atoms with Crippen LogP contribution >= 0.6 is 0 Å². The zero-order valence-electron chi connectivity index (χ0n) is 23.1. The summed E-state index contributed by atoms with van der Waals surface area (Å²) in [6.07, 6.45) is 16.3. The first-order valence-electron chi connectivity index (χ1n) is 14.3. The fourth-order valence-corrected chi connectivity index (χ4v) is 11.7. The van der Waals surface area contributed by atoms with E-state index in [0.717, 1.165) is 17.8 Å². The molecule has 10 atom stereocenters. The first-order valence-corrected chi connectivity index (χ1v) is 14.3. The van der Waals surface area contributed by atoms with Crippen LogP contribution in [-0.2, 0) is 4.74 Å². The Bertz CT molecular complexity index is 756. The Balaban J connectivity index is 1.52. The van der Waals surface area contributed by atoms with E-state index in [4.69, 9.17) is 4.74 Å². The van der Waals surface area contributed by atoms with Gasteiger partial charge < -0.3 is 4.74 Å². The standard InChI is InChI=1S/C31H54O/c1-21-22(32-9)10-11-23-28(21,5)13-12-24-29(23,6)17-19-31(8)25-20-26(2,3)14-15-27(25,4)16-18-30(24,31)7/h21-25H,10-20H2,1-9H3/t21-,22-,23-,24-,25+,27-,28-,29-,30-,31+/m1/s1. The van der Waals surface area contributed by atoms with Crippen LogP contribution in [0.5, 0.6) is 0 Å². The molecule has 0 amide bonds. The number of hydrogen-bond acceptors (Lipinski definition) is 1. The van der Waals surface area contributed by atoms with Crippen molar-refractivity contribution in [3.05, 3.63) is 0 Å². The summed E-state index contributed by atoms with van der Waals surface area (Å²) in [5.41, 5.74) is 3.14. The highest BCUT2D eigenvalue weighted by Crippen LogP contribution is 2.78. The molecule has 32 heavy (non-hydrogen) atoms. The Morgan fingerprint density at radius 2 is 1.22 bits per heavy atom. The van der Waals surface area contributed by atoms with Gasteiger partial charge in [0.2, 0.25) is 0 Å². The van der Waals surface area contributed by atoms with E-state index >= 15 is 0 Å². The van der Waals surface area contributed by atoms with Crippen LogP contribution in [0.25, 0.3) is 0 Å². The molecule has 0 aromatic carbocycles. The molecule has 5 aliphatic rings. The van der Waals surface area contributed by atoms with Crippen LogP contribution in [0.1, 0.15) is 126 Å². The lowest BCUT2D eigenvalue weighted by molar-refractivity contribution is -0.263. The Kier molecular flexibility index (Phi) is 5.19. The van der Waals surface area contributed by atoms with E-state index < -0.39 is 0 Å². The Labute approximate surface area is 200 Å². The van der Waals surface area contributed by atoms with Gasteiger partial charge in [-0.15, -0.1) is 0 Å². The number of methoxy groups -OCH3 is 1. The zero-order valence-corrected chi connectivity index (χ0v) is 23.1. The molecule has 1 heteroatoms. The van der Waals surface area contributed by atoms with E-state index in [1.54, 1.807) is 0 Å². The van der Waals surface area contributed by atoms with Gasteiger partial charge in [0.05, 0.1) is 6.10 Å². The second-order valence-electron chi connectivity index (χ2n) is 15.7. The first-order chi connectivity index (χ1) is 14.8. The summed E-state index contributed by atoms with van der Waals surface area (Å²) in [5.74, 6) is 3.40. The number of hydrogen-bond donors (Lipinski definition) is 0. The van der Waals surface area contributed by atoms with Crippen molar-refractivity contribution in [3.63, 3.8) is 0 Å². The van der Waals surface area contributed by atoms with E-state index in [9.17, 15) is 0 Å². The SMILES string of the molecule is CO[C@@H]1CC[C@@H]2[C@](C)(CC[C@@H]3[C@]2(C)CC[C@@]2(C)[C@H]4CC(C)(C)CC[C@]4(C)CC[C@]32C)[C@@H]1C. The van der Waals surface area contributed by atoms with Crippen LogP contribution in [0.2, 0.25) is 0 Å². The lowest BCUT2D eigenvalue weighted by Crippen LogP contribution is -2.68. The Morgan fingerprint density at radius 3 is 1.91 bits per heavy atom. The second kappa shape index (κ2) is 7.01. The van der Waals surface area contributed by atoms with Gasteiger partial charge in [-0.1, -0.05) is 55.4 Å². The van der Waals surface area contributed by atoms with Crippen molar-refractivity contribution in [3.8, 4) is 0 Å². The smallest absolute Gasteiger partial charge is 0.0602 e. The van der Waals surface area contributed by atoms with E-state index in [1.165, 1.54) is 70.6 Å². The number of rotatable bonds is 1. The van der Waals surface area contributed by atoms with Crippen molar-refractivity contribution >= 4 is 0 Å². The van der Waals surface area contributed by atoms with Gasteiger partial charge in [-0.3, -0.25) is 0 Å². The van der Waals surface area contributed by atoms with Gasteiger partial charge >= 0.3 is 0 Å². The molecule has 0 radical (unpaired) electrons. The van der Waals surface area contributed by atoms with Crippen molar-refractivity contribution in [2.75, 3.05) is 7.11 Å². The molecule has 5 saturated carbocycles. The lowest BCUT2D eigenvalue weighted by atomic mass is 9.30. The third kappa shape index (κ3) is 2.85. The molecular weight excluding hydrogens is 388 g/mol. The summed E-state index contributed by atoms with van der Waals surface area (Å²) in [7, 11) is 1.95. The molecular formula is C31H54O. The maximum atomic E-state index is 6.00. The summed E-state index contributed by atoms with van der Waals surface area (Å²) < 4.78 is 6.00. The van der Waals surface area contributed by atoms with Gasteiger partial charge in [0, 0.05) is 7.11 Å². The molecule has 0 bridgehead atoms. The van der Waals surface area contributed by atoms with Crippen molar-refractivity contribution in [1.29, 1.82) is 0 Å². The zero-order chi connectivity index (χ0) is 23.4. The van der Waals surface area contributed by atoms with Crippen molar-refractivity contribution in [2.45, 2.75) is 132 Å². The molecule has 5 rings (SSSR count). The average molecular weight is 443 g/mol. The van der Waals surface area contributed by atoms with Crippen LogP contribution in [0.4, 0.5) is 0 Å². The molecule has 0 saturated heterocycles. The van der Waals surface area contributed by atoms with Crippen LogP contribution in [-0.4, -0.2) is 13.2 Å². The molecule has 0 heterocycles. The highest BCUT2D eigenvalue weighted by Gasteiger charge is 2.70. The normalized spacial score (nSPS) is 59.3. The largest absolute Gasteiger partial charge is 0.381 e. The fourth-order valence-electron chi connectivity index (χ4n) is 11.7. The summed E-state index contributed by atoms with van der Waals surface area (Å²) in [6.45, 7) is 21.4. The average Bonchev–Trinajstić information content (AvgIpc) is 2.72. The van der Waals surface area contributed by atoms with Crippen LogP contribution < -0.4 is 0 Å². The minimum absolute atomic E-state index is 0.463. The molecule has 0 unspecified atom stereocenters. The van der Waals surface area contributed by atoms with Gasteiger partial charge in [0.25, 0.3) is 0 Å². The minimum atomic E-state index is 0.463. The third-order valence-corrected chi connectivity index (χ3v) is 14.2. The van der Waals surface area contributed by atoms with Crippen LogP contribution in [0, 0.1) is 56.2 Å². The second-order valence-corrected chi connectivity index (χ2v) is 15.7. The quantitative estimate of drug-likeness (QED) is 0.394. The monoisotopic (exact) mass is 442 g/mol. The molecule has 0 spiro atoms. The van der Waals surface area contributed by atoms with Gasteiger partial charge in [-0.05, 0) is 127 Å². The molecule has 0 N–H and O–H groups in total. The molecule has 1 nitrogen and oxygen atoms in total. The van der Waals surface area contributed by atoms with E-state index in [1.807, 2.05) is 7.11 Å². The van der Waals surface area contributed by atoms with Crippen LogP contribution in [0.15, 0.2) is 0 Å². The maximum Gasteiger partial charge on any atom is 0.0602 e. The van der Waals surface area contributed by atoms with Gasteiger partial charge in [-0.25, -0.2) is 0 Å². The molecule has 0 aliphatic heterocycles. The van der Waals surface area contributed by atoms with Crippen molar-refractivity contribution in [2.24, 2.45) is 56.2 Å². The molecule has 0 aromatic rings. The molecule has 184 valence electrons. The Hall–Kier alpha value is -0.0400. The molecule has 5 fully saturated rings. The summed E-state index contributed by atoms with van der Waals surface area (Å²) in [6, 6.07) is 0. The third-order valence-electron chi connectivity index (χ3n) is 14.2. The number of fused-ring (bicyclic) bond motifs is 7. The van der Waals surface area contributed by atoms with Crippen LogP contribution in [0.3, 0.4) is 0 Å². The maximum absolute atomic E-state index is 6.00. The van der Waals surface area contributed by atoms with E-state index in [0.29, 0.717) is 44.5 Å². The highest BCUT2D eigenvalue weighted by atomic mass is 16.5. The molecule has 0 aromatic heterocycles. The summed E-state index contributed by atoms with van der Waals surface area (Å²) >= 11 is 0. The molecule has 5 aliphatic carbocycles. The highest BCUT2D eigenvalue weighted by molar-refractivity contribution is 5.19. The van der Waals surface area contributed by atoms with Crippen molar-refractivity contribution in [1.82, 2.24) is 0 Å². The van der Waals surface area contributed by atoms with Gasteiger partial charge in [0.1, 0.15) is 0 Å². The van der Waals surface area contributed by atoms with E-state index in [2.05, 4.69) is 55.4 Å². The first kappa shape index (κ1) is 23.7. The predicted molar refractivity (Wildman–Crippen MR) is 136 cm³/mol. The van der Waals surface area contributed by atoms with Crippen molar-refractivity contribution < 1.29 is 4.74 Å². The lowest BCUT2D eigenvalue weighted by Gasteiger charge is -2.75. The topological polar surface area (TPSA) is 9.23 Å². The Morgan fingerprint density at radius 1 is 0.594 bits per heavy atom. The summed E-state index contributed by atoms with van der Waals surface area (Å²) in [5, 5.41) is 0. The van der Waals surface area contributed by atoms with Gasteiger partial charge in [0.15, 0.2) is 0 Å². The van der Waals surface area contributed by atoms with E-state index in [-0.39, 0.29) is 0 Å². The number of ether oxygens (including phenoxy) is 1. The fraction of sp³-hybridized carbons (Fsp3) is 1.00. The predicted octanol–water partition coefficient (Wildman–Crippen LogP) is 8.90.